The number of ether oxygens (including phenoxy) is 1. The number of hydrogen-bond donors (Lipinski definition) is 0. The van der Waals surface area contributed by atoms with E-state index in [4.69, 9.17) is 4.74 Å². The topological polar surface area (TPSA) is 43.4 Å². The summed E-state index contributed by atoms with van der Waals surface area (Å²) in [5.74, 6) is -0.877. The van der Waals surface area contributed by atoms with Crippen LogP contribution in [0.4, 0.5) is 0 Å². The van der Waals surface area contributed by atoms with Crippen LogP contribution in [0.15, 0.2) is 43.2 Å². The van der Waals surface area contributed by atoms with Crippen molar-refractivity contribution in [3.63, 3.8) is 0 Å². The molecule has 1 saturated carbocycles. The number of esters is 1. The second kappa shape index (κ2) is 6.32. The van der Waals surface area contributed by atoms with Crippen molar-refractivity contribution in [3.8, 4) is 0 Å². The largest absolute Gasteiger partial charge is 0.435 e. The Morgan fingerprint density at radius 1 is 1.11 bits per heavy atom. The van der Waals surface area contributed by atoms with Crippen molar-refractivity contribution in [1.29, 1.82) is 0 Å². The standard InChI is InChI=1S/C16H18O3/c1-2-19-16(18)14-11-7-6-10-13(14)15(17)12-8-4-3-5-9-12/h2-5,8-9,13-14H,1,6-7,10-11H2/t13-,14-/m1/s1. The lowest BCUT2D eigenvalue weighted by Gasteiger charge is -2.28. The Morgan fingerprint density at radius 2 is 1.74 bits per heavy atom. The second-order valence-corrected chi connectivity index (χ2v) is 4.83. The Hall–Kier alpha value is -1.90. The summed E-state index contributed by atoms with van der Waals surface area (Å²) in [6.07, 6.45) is 4.57. The number of ketones is 1. The van der Waals surface area contributed by atoms with Crippen LogP contribution >= 0.6 is 0 Å². The molecule has 1 aromatic carbocycles. The molecule has 3 nitrogen and oxygen atoms in total. The third-order valence-electron chi connectivity index (χ3n) is 3.66. The van der Waals surface area contributed by atoms with Gasteiger partial charge in [0.25, 0.3) is 0 Å². The first-order chi connectivity index (χ1) is 9.24. The normalized spacial score (nSPS) is 22.5. The van der Waals surface area contributed by atoms with Crippen molar-refractivity contribution in [2.75, 3.05) is 0 Å². The van der Waals surface area contributed by atoms with Crippen LogP contribution in [-0.4, -0.2) is 11.8 Å². The van der Waals surface area contributed by atoms with Crippen LogP contribution in [0.5, 0.6) is 0 Å². The molecule has 0 amide bonds. The minimum atomic E-state index is -0.334. The molecule has 1 aromatic rings. The molecule has 0 radical (unpaired) electrons. The average Bonchev–Trinajstić information content (AvgIpc) is 2.47. The molecule has 1 aliphatic rings. The molecular weight excluding hydrogens is 240 g/mol. The van der Waals surface area contributed by atoms with Crippen LogP contribution in [0, 0.1) is 11.8 Å². The van der Waals surface area contributed by atoms with Gasteiger partial charge in [-0.05, 0) is 12.8 Å². The molecule has 0 bridgehead atoms. The van der Waals surface area contributed by atoms with Gasteiger partial charge in [0, 0.05) is 11.5 Å². The molecule has 0 unspecified atom stereocenters. The molecule has 0 saturated heterocycles. The van der Waals surface area contributed by atoms with Gasteiger partial charge in [0.15, 0.2) is 5.78 Å². The highest BCUT2D eigenvalue weighted by atomic mass is 16.5. The van der Waals surface area contributed by atoms with Gasteiger partial charge in [0.1, 0.15) is 0 Å². The molecule has 100 valence electrons. The Bertz CT molecular complexity index is 464. The number of carbonyl (C=O) groups excluding carboxylic acids is 2. The van der Waals surface area contributed by atoms with Crippen molar-refractivity contribution >= 4 is 11.8 Å². The van der Waals surface area contributed by atoms with Gasteiger partial charge in [-0.1, -0.05) is 49.8 Å². The maximum absolute atomic E-state index is 12.5. The number of rotatable bonds is 4. The first-order valence-electron chi connectivity index (χ1n) is 6.64. The molecular formula is C16H18O3. The molecule has 0 heterocycles. The van der Waals surface area contributed by atoms with Gasteiger partial charge in [-0.15, -0.1) is 0 Å². The third kappa shape index (κ3) is 3.11. The average molecular weight is 258 g/mol. The summed E-state index contributed by atoms with van der Waals surface area (Å²) in [5.41, 5.74) is 0.672. The lowest BCUT2D eigenvalue weighted by Crippen LogP contribution is -2.33. The second-order valence-electron chi connectivity index (χ2n) is 4.83. The molecule has 0 spiro atoms. The summed E-state index contributed by atoms with van der Waals surface area (Å²) in [4.78, 5) is 24.4. The smallest absolute Gasteiger partial charge is 0.314 e. The zero-order valence-corrected chi connectivity index (χ0v) is 10.9. The van der Waals surface area contributed by atoms with Gasteiger partial charge >= 0.3 is 5.97 Å². The van der Waals surface area contributed by atoms with E-state index in [-0.39, 0.29) is 23.6 Å². The van der Waals surface area contributed by atoms with E-state index in [1.807, 2.05) is 18.2 Å². The Labute approximate surface area is 113 Å². The summed E-state index contributed by atoms with van der Waals surface area (Å²) in [7, 11) is 0. The summed E-state index contributed by atoms with van der Waals surface area (Å²) in [5, 5.41) is 0. The molecule has 3 heteroatoms. The fourth-order valence-corrected chi connectivity index (χ4v) is 2.71. The Morgan fingerprint density at radius 3 is 2.37 bits per heavy atom. The van der Waals surface area contributed by atoms with E-state index in [1.54, 1.807) is 12.1 Å². The lowest BCUT2D eigenvalue weighted by molar-refractivity contribution is -0.145. The first-order valence-corrected chi connectivity index (χ1v) is 6.64. The third-order valence-corrected chi connectivity index (χ3v) is 3.66. The van der Waals surface area contributed by atoms with Gasteiger partial charge in [-0.25, -0.2) is 0 Å². The van der Waals surface area contributed by atoms with Gasteiger partial charge in [-0.3, -0.25) is 9.59 Å². The van der Waals surface area contributed by atoms with Crippen molar-refractivity contribution < 1.29 is 14.3 Å². The molecule has 1 fully saturated rings. The molecule has 0 aliphatic heterocycles. The fraction of sp³-hybridized carbons (Fsp3) is 0.375. The van der Waals surface area contributed by atoms with E-state index < -0.39 is 0 Å². The number of benzene rings is 1. The minimum absolute atomic E-state index is 0.0475. The van der Waals surface area contributed by atoms with Crippen molar-refractivity contribution in [2.24, 2.45) is 11.8 Å². The number of hydrogen-bond acceptors (Lipinski definition) is 3. The van der Waals surface area contributed by atoms with Crippen LogP contribution in [-0.2, 0) is 9.53 Å². The zero-order chi connectivity index (χ0) is 13.7. The monoisotopic (exact) mass is 258 g/mol. The van der Waals surface area contributed by atoms with Crippen LogP contribution in [0.1, 0.15) is 36.0 Å². The Balaban J connectivity index is 2.17. The van der Waals surface area contributed by atoms with E-state index >= 15 is 0 Å². The number of carbonyl (C=O) groups is 2. The highest BCUT2D eigenvalue weighted by Gasteiger charge is 2.36. The molecule has 0 N–H and O–H groups in total. The zero-order valence-electron chi connectivity index (χ0n) is 10.9. The van der Waals surface area contributed by atoms with Crippen molar-refractivity contribution in [2.45, 2.75) is 25.7 Å². The minimum Gasteiger partial charge on any atom is -0.435 e. The summed E-state index contributed by atoms with van der Waals surface area (Å²) in [6, 6.07) is 9.15. The van der Waals surface area contributed by atoms with Crippen LogP contribution in [0.2, 0.25) is 0 Å². The predicted octanol–water partition coefficient (Wildman–Crippen LogP) is 3.36. The Kier molecular flexibility index (Phi) is 4.50. The fourth-order valence-electron chi connectivity index (χ4n) is 2.71. The van der Waals surface area contributed by atoms with E-state index in [0.29, 0.717) is 5.56 Å². The van der Waals surface area contributed by atoms with Gasteiger partial charge in [0.2, 0.25) is 0 Å². The van der Waals surface area contributed by atoms with Crippen LogP contribution in [0.25, 0.3) is 0 Å². The highest BCUT2D eigenvalue weighted by Crippen LogP contribution is 2.33. The van der Waals surface area contributed by atoms with Crippen molar-refractivity contribution in [1.82, 2.24) is 0 Å². The maximum atomic E-state index is 12.5. The highest BCUT2D eigenvalue weighted by molar-refractivity contribution is 6.00. The quantitative estimate of drug-likeness (QED) is 0.472. The van der Waals surface area contributed by atoms with Crippen molar-refractivity contribution in [3.05, 3.63) is 48.7 Å². The first kappa shape index (κ1) is 13.5. The van der Waals surface area contributed by atoms with Gasteiger partial charge in [0.05, 0.1) is 12.2 Å². The summed E-state index contributed by atoms with van der Waals surface area (Å²) in [6.45, 7) is 3.40. The molecule has 0 aromatic heterocycles. The van der Waals surface area contributed by atoms with E-state index in [9.17, 15) is 9.59 Å². The maximum Gasteiger partial charge on any atom is 0.314 e. The molecule has 2 rings (SSSR count). The molecule has 19 heavy (non-hydrogen) atoms. The lowest BCUT2D eigenvalue weighted by atomic mass is 9.75. The molecule has 1 aliphatic carbocycles. The SMILES string of the molecule is C=COC(=O)[C@@H]1CCCC[C@H]1C(=O)c1ccccc1. The van der Waals surface area contributed by atoms with E-state index in [0.717, 1.165) is 31.9 Å². The summed E-state index contributed by atoms with van der Waals surface area (Å²) < 4.78 is 4.87. The predicted molar refractivity (Wildman–Crippen MR) is 72.5 cm³/mol. The summed E-state index contributed by atoms with van der Waals surface area (Å²) >= 11 is 0. The number of Topliss-reactive ketones (excluding diaryl/α,β-unsaturated/α-hetero) is 1. The van der Waals surface area contributed by atoms with Gasteiger partial charge < -0.3 is 4.74 Å². The van der Waals surface area contributed by atoms with E-state index in [1.165, 1.54) is 0 Å². The van der Waals surface area contributed by atoms with Gasteiger partial charge in [-0.2, -0.15) is 0 Å². The van der Waals surface area contributed by atoms with Crippen LogP contribution in [0.3, 0.4) is 0 Å². The molecule has 2 atom stereocenters. The van der Waals surface area contributed by atoms with Crippen LogP contribution < -0.4 is 0 Å². The van der Waals surface area contributed by atoms with E-state index in [2.05, 4.69) is 6.58 Å².